The van der Waals surface area contributed by atoms with Crippen molar-refractivity contribution >= 4 is 21.9 Å². The molecule has 0 aliphatic rings. The Kier molecular flexibility index (Phi) is 2.33. The fourth-order valence-corrected chi connectivity index (χ4v) is 1.14. The second-order valence-electron chi connectivity index (χ2n) is 1.98. The summed E-state index contributed by atoms with van der Waals surface area (Å²) in [5.74, 6) is -3.04. The summed E-state index contributed by atoms with van der Waals surface area (Å²) < 4.78 is 39.6. The van der Waals surface area contributed by atoms with Gasteiger partial charge in [-0.05, 0) is 15.9 Å². The van der Waals surface area contributed by atoms with Gasteiger partial charge < -0.3 is 9.63 Å². The predicted molar refractivity (Wildman–Crippen MR) is 36.2 cm³/mol. The highest BCUT2D eigenvalue weighted by atomic mass is 79.9. The number of aromatic carboxylic acids is 1. The molecule has 0 aliphatic carbocycles. The molecule has 0 aromatic carbocycles. The van der Waals surface area contributed by atoms with E-state index in [0.29, 0.717) is 0 Å². The highest BCUT2D eigenvalue weighted by Crippen LogP contribution is 2.36. The quantitative estimate of drug-likeness (QED) is 0.840. The Bertz CT molecular complexity index is 345. The molecule has 8 heteroatoms. The van der Waals surface area contributed by atoms with Crippen molar-refractivity contribution in [2.75, 3.05) is 0 Å². The fourth-order valence-electron chi connectivity index (χ4n) is 0.662. The smallest absolute Gasteiger partial charge is 0.423 e. The zero-order chi connectivity index (χ0) is 10.2. The van der Waals surface area contributed by atoms with Crippen molar-refractivity contribution in [3.05, 3.63) is 15.9 Å². The fraction of sp³-hybridized carbons (Fsp3) is 0.200. The van der Waals surface area contributed by atoms with Crippen molar-refractivity contribution in [3.63, 3.8) is 0 Å². The number of hydrogen-bond acceptors (Lipinski definition) is 3. The van der Waals surface area contributed by atoms with Gasteiger partial charge in [-0.15, -0.1) is 0 Å². The largest absolute Gasteiger partial charge is 0.475 e. The minimum absolute atomic E-state index is 0.669. The third kappa shape index (κ3) is 1.82. The molecule has 0 spiro atoms. The lowest BCUT2D eigenvalue weighted by Gasteiger charge is -2.02. The standard InChI is InChI=1S/C5HBrF3NO3/c6-3-1(5(7,8)9)2(4(11)12)13-10-3/h(H,11,12). The van der Waals surface area contributed by atoms with Crippen molar-refractivity contribution in [1.29, 1.82) is 0 Å². The maximum Gasteiger partial charge on any atom is 0.423 e. The minimum Gasteiger partial charge on any atom is -0.475 e. The Morgan fingerprint density at radius 2 is 2.08 bits per heavy atom. The molecule has 1 rings (SSSR count). The van der Waals surface area contributed by atoms with Crippen LogP contribution in [-0.2, 0) is 6.18 Å². The third-order valence-corrected chi connectivity index (χ3v) is 1.67. The average molecular weight is 260 g/mol. The van der Waals surface area contributed by atoms with E-state index in [1.807, 2.05) is 0 Å². The Labute approximate surface area is 77.4 Å². The third-order valence-electron chi connectivity index (χ3n) is 1.13. The highest BCUT2D eigenvalue weighted by molar-refractivity contribution is 9.10. The van der Waals surface area contributed by atoms with E-state index < -0.39 is 28.1 Å². The summed E-state index contributed by atoms with van der Waals surface area (Å²) in [6, 6.07) is 0. The zero-order valence-electron chi connectivity index (χ0n) is 5.72. The minimum atomic E-state index is -4.80. The number of carbonyl (C=O) groups is 1. The number of carboxylic acids is 1. The Balaban J connectivity index is 3.33. The number of nitrogens with zero attached hydrogens (tertiary/aromatic N) is 1. The lowest BCUT2D eigenvalue weighted by Crippen LogP contribution is -2.10. The van der Waals surface area contributed by atoms with Gasteiger partial charge in [0.05, 0.1) is 0 Å². The Hall–Kier alpha value is -1.05. The summed E-state index contributed by atoms with van der Waals surface area (Å²) in [4.78, 5) is 10.2. The van der Waals surface area contributed by atoms with Gasteiger partial charge in [0.2, 0.25) is 0 Å². The Morgan fingerprint density at radius 3 is 2.38 bits per heavy atom. The van der Waals surface area contributed by atoms with E-state index >= 15 is 0 Å². The van der Waals surface area contributed by atoms with Crippen LogP contribution in [0, 0.1) is 0 Å². The maximum atomic E-state index is 12.1. The SMILES string of the molecule is O=C(O)c1onc(Br)c1C(F)(F)F. The van der Waals surface area contributed by atoms with Gasteiger partial charge in [-0.25, -0.2) is 4.79 Å². The van der Waals surface area contributed by atoms with Gasteiger partial charge in [0.25, 0.3) is 5.76 Å². The van der Waals surface area contributed by atoms with Gasteiger partial charge in [0.1, 0.15) is 5.56 Å². The van der Waals surface area contributed by atoms with Crippen LogP contribution in [0.4, 0.5) is 13.2 Å². The van der Waals surface area contributed by atoms with Crippen molar-refractivity contribution in [3.8, 4) is 0 Å². The number of alkyl halides is 3. The van der Waals surface area contributed by atoms with Gasteiger partial charge in [0, 0.05) is 0 Å². The van der Waals surface area contributed by atoms with Crippen LogP contribution in [0.2, 0.25) is 0 Å². The second kappa shape index (κ2) is 3.02. The van der Waals surface area contributed by atoms with Gasteiger partial charge in [0.15, 0.2) is 4.60 Å². The molecule has 1 heterocycles. The molecule has 1 N–H and O–H groups in total. The van der Waals surface area contributed by atoms with E-state index in [1.165, 1.54) is 0 Å². The summed E-state index contributed by atoms with van der Waals surface area (Å²) in [6.45, 7) is 0. The van der Waals surface area contributed by atoms with Crippen LogP contribution >= 0.6 is 15.9 Å². The van der Waals surface area contributed by atoms with Gasteiger partial charge in [-0.2, -0.15) is 13.2 Å². The molecule has 1 aromatic rings. The molecule has 0 unspecified atom stereocenters. The molecule has 72 valence electrons. The number of rotatable bonds is 1. The molecular formula is C5HBrF3NO3. The molecule has 0 aliphatic heterocycles. The molecule has 0 atom stereocenters. The van der Waals surface area contributed by atoms with E-state index in [9.17, 15) is 18.0 Å². The van der Waals surface area contributed by atoms with Gasteiger partial charge >= 0.3 is 12.1 Å². The van der Waals surface area contributed by atoms with Crippen LogP contribution in [-0.4, -0.2) is 16.2 Å². The van der Waals surface area contributed by atoms with Gasteiger partial charge in [-0.1, -0.05) is 5.16 Å². The lowest BCUT2D eigenvalue weighted by atomic mass is 10.2. The van der Waals surface area contributed by atoms with E-state index in [1.54, 1.807) is 0 Å². The lowest BCUT2D eigenvalue weighted by molar-refractivity contribution is -0.139. The molecule has 13 heavy (non-hydrogen) atoms. The van der Waals surface area contributed by atoms with Crippen LogP contribution in [0.15, 0.2) is 9.13 Å². The number of carboxylic acid groups (broad SMARTS) is 1. The number of halogens is 4. The molecule has 0 bridgehead atoms. The first kappa shape index (κ1) is 10.0. The predicted octanol–water partition coefficient (Wildman–Crippen LogP) is 2.15. The van der Waals surface area contributed by atoms with Crippen molar-refractivity contribution < 1.29 is 27.6 Å². The van der Waals surface area contributed by atoms with Crippen LogP contribution < -0.4 is 0 Å². The summed E-state index contributed by atoms with van der Waals surface area (Å²) in [5.41, 5.74) is -1.42. The first-order valence-electron chi connectivity index (χ1n) is 2.79. The summed E-state index contributed by atoms with van der Waals surface area (Å²) in [7, 11) is 0. The molecular weight excluding hydrogens is 259 g/mol. The van der Waals surface area contributed by atoms with Crippen LogP contribution in [0.25, 0.3) is 0 Å². The van der Waals surface area contributed by atoms with Crippen LogP contribution in [0.3, 0.4) is 0 Å². The molecule has 0 amide bonds. The molecule has 0 saturated heterocycles. The van der Waals surface area contributed by atoms with E-state index in [4.69, 9.17) is 5.11 Å². The van der Waals surface area contributed by atoms with Crippen molar-refractivity contribution in [1.82, 2.24) is 5.16 Å². The highest BCUT2D eigenvalue weighted by Gasteiger charge is 2.42. The van der Waals surface area contributed by atoms with E-state index in [2.05, 4.69) is 25.6 Å². The first-order valence-corrected chi connectivity index (χ1v) is 3.59. The number of hydrogen-bond donors (Lipinski definition) is 1. The summed E-state index contributed by atoms with van der Waals surface area (Å²) in [5, 5.41) is 11.1. The monoisotopic (exact) mass is 259 g/mol. The van der Waals surface area contributed by atoms with Gasteiger partial charge in [-0.3, -0.25) is 0 Å². The van der Waals surface area contributed by atoms with E-state index in [-0.39, 0.29) is 0 Å². The second-order valence-corrected chi connectivity index (χ2v) is 2.73. The molecule has 1 aromatic heterocycles. The average Bonchev–Trinajstić information content (AvgIpc) is 2.28. The molecule has 4 nitrogen and oxygen atoms in total. The van der Waals surface area contributed by atoms with Crippen molar-refractivity contribution in [2.45, 2.75) is 6.18 Å². The zero-order valence-corrected chi connectivity index (χ0v) is 7.31. The molecule has 0 saturated carbocycles. The first-order chi connectivity index (χ1) is 5.84. The summed E-state index contributed by atoms with van der Waals surface area (Å²) in [6.07, 6.45) is -4.80. The topological polar surface area (TPSA) is 63.3 Å². The molecule has 0 radical (unpaired) electrons. The van der Waals surface area contributed by atoms with Crippen LogP contribution in [0.5, 0.6) is 0 Å². The summed E-state index contributed by atoms with van der Waals surface area (Å²) >= 11 is 2.43. The van der Waals surface area contributed by atoms with E-state index in [0.717, 1.165) is 0 Å². The normalized spacial score (nSPS) is 11.7. The Morgan fingerprint density at radius 1 is 1.54 bits per heavy atom. The molecule has 0 fully saturated rings. The van der Waals surface area contributed by atoms with Crippen molar-refractivity contribution in [2.24, 2.45) is 0 Å². The van der Waals surface area contributed by atoms with Crippen LogP contribution in [0.1, 0.15) is 16.1 Å². The number of aromatic nitrogens is 1. The maximum absolute atomic E-state index is 12.1.